The van der Waals surface area contributed by atoms with Crippen molar-refractivity contribution in [1.82, 2.24) is 4.98 Å². The highest BCUT2D eigenvalue weighted by Gasteiger charge is 2.19. The summed E-state index contributed by atoms with van der Waals surface area (Å²) in [5.41, 5.74) is 0.274. The zero-order valence-corrected chi connectivity index (χ0v) is 10.7. The smallest absolute Gasteiger partial charge is 0.325 e. The normalized spacial score (nSPS) is 11.9. The summed E-state index contributed by atoms with van der Waals surface area (Å²) >= 11 is 3.15. The van der Waals surface area contributed by atoms with Gasteiger partial charge in [0.2, 0.25) is 0 Å². The number of carboxylic acids is 1. The van der Waals surface area contributed by atoms with Gasteiger partial charge in [0.25, 0.3) is 5.69 Å². The van der Waals surface area contributed by atoms with Crippen LogP contribution in [0.4, 0.5) is 11.5 Å². The fraction of sp³-hybridized carbons (Fsp3) is 0.333. The van der Waals surface area contributed by atoms with Gasteiger partial charge in [0.15, 0.2) is 0 Å². The minimum atomic E-state index is -1.03. The number of rotatable bonds is 4. The van der Waals surface area contributed by atoms with Crippen molar-refractivity contribution >= 4 is 33.4 Å². The van der Waals surface area contributed by atoms with Gasteiger partial charge in [0, 0.05) is 5.56 Å². The Balaban J connectivity index is 3.09. The summed E-state index contributed by atoms with van der Waals surface area (Å²) in [6, 6.07) is -0.834. The minimum Gasteiger partial charge on any atom is -0.480 e. The lowest BCUT2D eigenvalue weighted by molar-refractivity contribution is -0.385. The number of halogens is 1. The second kappa shape index (κ2) is 5.09. The summed E-state index contributed by atoms with van der Waals surface area (Å²) in [5.74, 6) is -0.766. The minimum absolute atomic E-state index is 0.120. The molecule has 0 amide bonds. The maximum Gasteiger partial charge on any atom is 0.325 e. The summed E-state index contributed by atoms with van der Waals surface area (Å²) in [5, 5.41) is 22.0. The number of nitro groups is 1. The van der Waals surface area contributed by atoms with Gasteiger partial charge in [-0.05, 0) is 29.8 Å². The molecule has 0 bridgehead atoms. The SMILES string of the molecule is Cc1c([N+](=O)[O-])cnc(N[C@@H](C)C(=O)O)c1Br. The maximum absolute atomic E-state index is 10.7. The fourth-order valence-corrected chi connectivity index (χ4v) is 1.54. The Morgan fingerprint density at radius 2 is 2.29 bits per heavy atom. The molecule has 7 nitrogen and oxygen atoms in total. The number of aromatic nitrogens is 1. The van der Waals surface area contributed by atoms with E-state index in [0.717, 1.165) is 6.20 Å². The number of hydrogen-bond acceptors (Lipinski definition) is 5. The monoisotopic (exact) mass is 303 g/mol. The number of aliphatic carboxylic acids is 1. The Kier molecular flexibility index (Phi) is 4.00. The van der Waals surface area contributed by atoms with Crippen LogP contribution >= 0.6 is 15.9 Å². The molecule has 1 rings (SSSR count). The van der Waals surface area contributed by atoms with Crippen LogP contribution in [0.5, 0.6) is 0 Å². The molecule has 1 atom stereocenters. The predicted molar refractivity (Wildman–Crippen MR) is 64.0 cm³/mol. The van der Waals surface area contributed by atoms with Crippen molar-refractivity contribution in [3.05, 3.63) is 26.3 Å². The number of nitrogens with one attached hydrogen (secondary N) is 1. The third kappa shape index (κ3) is 2.90. The van der Waals surface area contributed by atoms with Gasteiger partial charge in [-0.3, -0.25) is 14.9 Å². The Hall–Kier alpha value is -1.70. The lowest BCUT2D eigenvalue weighted by atomic mass is 10.2. The molecule has 0 unspecified atom stereocenters. The molecule has 0 spiro atoms. The highest BCUT2D eigenvalue weighted by molar-refractivity contribution is 9.10. The molecule has 0 saturated carbocycles. The quantitative estimate of drug-likeness (QED) is 0.650. The van der Waals surface area contributed by atoms with Crippen LogP contribution in [-0.4, -0.2) is 27.0 Å². The Labute approximate surface area is 105 Å². The summed E-state index contributed by atoms with van der Waals surface area (Å²) in [4.78, 5) is 24.6. The lowest BCUT2D eigenvalue weighted by Gasteiger charge is -2.12. The van der Waals surface area contributed by atoms with Crippen LogP contribution in [0.1, 0.15) is 12.5 Å². The van der Waals surface area contributed by atoms with Crippen LogP contribution in [-0.2, 0) is 4.79 Å². The second-order valence-corrected chi connectivity index (χ2v) is 4.19. The molecule has 17 heavy (non-hydrogen) atoms. The molecule has 0 radical (unpaired) electrons. The van der Waals surface area contributed by atoms with Crippen LogP contribution in [0.15, 0.2) is 10.7 Å². The van der Waals surface area contributed by atoms with E-state index in [1.165, 1.54) is 6.92 Å². The summed E-state index contributed by atoms with van der Waals surface area (Å²) < 4.78 is 0.389. The Morgan fingerprint density at radius 1 is 1.71 bits per heavy atom. The Morgan fingerprint density at radius 3 is 2.76 bits per heavy atom. The maximum atomic E-state index is 10.7. The first-order valence-corrected chi connectivity index (χ1v) is 5.42. The van der Waals surface area contributed by atoms with E-state index < -0.39 is 16.9 Å². The van der Waals surface area contributed by atoms with Gasteiger partial charge in [-0.2, -0.15) is 0 Å². The van der Waals surface area contributed by atoms with Crippen molar-refractivity contribution in [3.8, 4) is 0 Å². The standard InChI is InChI=1S/C9H10BrN3O4/c1-4-6(13(16)17)3-11-8(7(4)10)12-5(2)9(14)15/h3,5H,1-2H3,(H,11,12)(H,14,15)/t5-/m0/s1. The van der Waals surface area contributed by atoms with E-state index in [0.29, 0.717) is 10.0 Å². The van der Waals surface area contributed by atoms with Gasteiger partial charge in [0.05, 0.1) is 9.40 Å². The first kappa shape index (κ1) is 13.4. The molecule has 1 aromatic heterocycles. The topological polar surface area (TPSA) is 105 Å². The number of nitrogens with zero attached hydrogens (tertiary/aromatic N) is 2. The van der Waals surface area contributed by atoms with Gasteiger partial charge >= 0.3 is 5.97 Å². The van der Waals surface area contributed by atoms with Gasteiger partial charge < -0.3 is 10.4 Å². The largest absolute Gasteiger partial charge is 0.480 e. The van der Waals surface area contributed by atoms with Crippen molar-refractivity contribution in [2.24, 2.45) is 0 Å². The van der Waals surface area contributed by atoms with E-state index in [-0.39, 0.29) is 11.5 Å². The molecule has 2 N–H and O–H groups in total. The molecule has 0 aromatic carbocycles. The number of carboxylic acid groups (broad SMARTS) is 1. The highest BCUT2D eigenvalue weighted by Crippen LogP contribution is 2.30. The van der Waals surface area contributed by atoms with Crippen LogP contribution < -0.4 is 5.32 Å². The third-order valence-electron chi connectivity index (χ3n) is 2.16. The van der Waals surface area contributed by atoms with Crippen molar-refractivity contribution in [2.75, 3.05) is 5.32 Å². The molecule has 0 fully saturated rings. The second-order valence-electron chi connectivity index (χ2n) is 3.39. The van der Waals surface area contributed by atoms with Gasteiger partial charge in [0.1, 0.15) is 18.1 Å². The van der Waals surface area contributed by atoms with E-state index in [1.807, 2.05) is 0 Å². The van der Waals surface area contributed by atoms with Gasteiger partial charge in [-0.25, -0.2) is 4.98 Å². The molecule has 8 heteroatoms. The molecular formula is C9H10BrN3O4. The first-order valence-electron chi connectivity index (χ1n) is 4.63. The number of pyridine rings is 1. The molecule has 92 valence electrons. The van der Waals surface area contributed by atoms with Crippen molar-refractivity contribution in [2.45, 2.75) is 19.9 Å². The molecular weight excluding hydrogens is 294 g/mol. The number of hydrogen-bond donors (Lipinski definition) is 2. The molecule has 1 aromatic rings. The summed E-state index contributed by atoms with van der Waals surface area (Å²) in [6.07, 6.45) is 1.09. The first-order chi connectivity index (χ1) is 7.84. The van der Waals surface area contributed by atoms with Crippen molar-refractivity contribution in [1.29, 1.82) is 0 Å². The number of carbonyl (C=O) groups is 1. The predicted octanol–water partition coefficient (Wildman–Crippen LogP) is 1.95. The highest BCUT2D eigenvalue weighted by atomic mass is 79.9. The van der Waals surface area contributed by atoms with E-state index in [1.54, 1.807) is 6.92 Å². The fourth-order valence-electron chi connectivity index (χ4n) is 1.12. The molecule has 0 aliphatic carbocycles. The molecule has 0 aliphatic heterocycles. The van der Waals surface area contributed by atoms with E-state index >= 15 is 0 Å². The Bertz CT molecular complexity index is 478. The van der Waals surface area contributed by atoms with Crippen LogP contribution in [0.25, 0.3) is 0 Å². The average molecular weight is 304 g/mol. The van der Waals surface area contributed by atoms with Gasteiger partial charge in [-0.1, -0.05) is 0 Å². The molecule has 1 heterocycles. The lowest BCUT2D eigenvalue weighted by Crippen LogP contribution is -2.26. The van der Waals surface area contributed by atoms with E-state index in [4.69, 9.17) is 5.11 Å². The average Bonchev–Trinajstić information content (AvgIpc) is 2.24. The zero-order chi connectivity index (χ0) is 13.2. The summed E-state index contributed by atoms with van der Waals surface area (Å²) in [7, 11) is 0. The van der Waals surface area contributed by atoms with E-state index in [9.17, 15) is 14.9 Å². The van der Waals surface area contributed by atoms with Crippen molar-refractivity contribution in [3.63, 3.8) is 0 Å². The molecule has 0 aliphatic rings. The summed E-state index contributed by atoms with van der Waals surface area (Å²) in [6.45, 7) is 3.01. The third-order valence-corrected chi connectivity index (χ3v) is 3.13. The molecule has 0 saturated heterocycles. The van der Waals surface area contributed by atoms with Crippen LogP contribution in [0.3, 0.4) is 0 Å². The van der Waals surface area contributed by atoms with Crippen LogP contribution in [0, 0.1) is 17.0 Å². The van der Waals surface area contributed by atoms with Crippen molar-refractivity contribution < 1.29 is 14.8 Å². The number of anilines is 1. The zero-order valence-electron chi connectivity index (χ0n) is 9.10. The van der Waals surface area contributed by atoms with E-state index in [2.05, 4.69) is 26.2 Å². The van der Waals surface area contributed by atoms with Crippen LogP contribution in [0.2, 0.25) is 0 Å². The van der Waals surface area contributed by atoms with Gasteiger partial charge in [-0.15, -0.1) is 0 Å².